The van der Waals surface area contributed by atoms with Crippen LogP contribution in [0.2, 0.25) is 10.0 Å². The number of halogens is 3. The van der Waals surface area contributed by atoms with Crippen molar-refractivity contribution in [1.29, 1.82) is 0 Å². The van der Waals surface area contributed by atoms with Gasteiger partial charge in [0.1, 0.15) is 5.82 Å². The van der Waals surface area contributed by atoms with E-state index in [1.165, 1.54) is 12.1 Å². The molecule has 0 aromatic heterocycles. The van der Waals surface area contributed by atoms with Crippen LogP contribution in [0.25, 0.3) is 0 Å². The Hall–Kier alpha value is -1.04. The number of amides is 2. The van der Waals surface area contributed by atoms with Crippen LogP contribution in [0.4, 0.5) is 9.18 Å². The summed E-state index contributed by atoms with van der Waals surface area (Å²) in [5.41, 5.74) is 0.518. The van der Waals surface area contributed by atoms with Gasteiger partial charge in [0.15, 0.2) is 0 Å². The van der Waals surface area contributed by atoms with E-state index in [0.29, 0.717) is 23.7 Å². The van der Waals surface area contributed by atoms with E-state index in [1.54, 1.807) is 11.8 Å². The van der Waals surface area contributed by atoms with Gasteiger partial charge in [-0.25, -0.2) is 9.18 Å². The molecule has 1 unspecified atom stereocenters. The molecule has 1 aliphatic rings. The topological polar surface area (TPSA) is 35.6 Å². The maximum atomic E-state index is 13.6. The van der Waals surface area contributed by atoms with Crippen LogP contribution in [0.5, 0.6) is 0 Å². The molecule has 1 aliphatic heterocycles. The lowest BCUT2D eigenvalue weighted by Gasteiger charge is -2.34. The van der Waals surface area contributed by atoms with Gasteiger partial charge >= 0.3 is 6.03 Å². The molecule has 2 amide bonds. The number of carbonyl (C=O) groups is 1. The monoisotopic (exact) mass is 347 g/mol. The predicted molar refractivity (Wildman–Crippen MR) is 87.1 cm³/mol. The fraction of sp³-hybridized carbons (Fsp3) is 0.533. The molecular formula is C15H20Cl2FN3O. The van der Waals surface area contributed by atoms with Gasteiger partial charge in [-0.2, -0.15) is 0 Å². The maximum absolute atomic E-state index is 13.6. The molecule has 1 aromatic carbocycles. The molecular weight excluding hydrogens is 328 g/mol. The van der Waals surface area contributed by atoms with Gasteiger partial charge in [0.2, 0.25) is 0 Å². The predicted octanol–water partition coefficient (Wildman–Crippen LogP) is 3.54. The molecule has 1 N–H and O–H groups in total. The molecule has 1 atom stereocenters. The summed E-state index contributed by atoms with van der Waals surface area (Å²) in [6.07, 6.45) is 0. The van der Waals surface area contributed by atoms with E-state index in [9.17, 15) is 9.18 Å². The van der Waals surface area contributed by atoms with Crippen molar-refractivity contribution in [3.63, 3.8) is 0 Å². The zero-order chi connectivity index (χ0) is 16.3. The third-order valence-corrected chi connectivity index (χ3v) is 4.57. The lowest BCUT2D eigenvalue weighted by atomic mass is 10.1. The van der Waals surface area contributed by atoms with Gasteiger partial charge in [-0.15, -0.1) is 0 Å². The third kappa shape index (κ3) is 4.03. The van der Waals surface area contributed by atoms with E-state index in [2.05, 4.69) is 17.1 Å². The summed E-state index contributed by atoms with van der Waals surface area (Å²) < 4.78 is 13.6. The summed E-state index contributed by atoms with van der Waals surface area (Å²) >= 11 is 11.8. The normalized spacial score (nSPS) is 17.4. The molecule has 4 nitrogen and oxygen atoms in total. The van der Waals surface area contributed by atoms with Gasteiger partial charge in [-0.3, -0.25) is 0 Å². The third-order valence-electron chi connectivity index (χ3n) is 3.95. The minimum atomic E-state index is -0.543. The Bertz CT molecular complexity index is 548. The van der Waals surface area contributed by atoms with E-state index in [1.807, 2.05) is 0 Å². The molecule has 2 rings (SSSR count). The lowest BCUT2D eigenvalue weighted by molar-refractivity contribution is 0.141. The zero-order valence-corrected chi connectivity index (χ0v) is 14.2. The second-order valence-corrected chi connectivity index (χ2v) is 6.19. The molecule has 1 heterocycles. The van der Waals surface area contributed by atoms with Crippen LogP contribution in [0.15, 0.2) is 12.1 Å². The number of piperazine rings is 1. The number of nitrogens with zero attached hydrogens (tertiary/aromatic N) is 2. The molecule has 1 saturated heterocycles. The van der Waals surface area contributed by atoms with Gasteiger partial charge in [-0.05, 0) is 31.2 Å². The summed E-state index contributed by atoms with van der Waals surface area (Å²) in [5.74, 6) is -0.543. The van der Waals surface area contributed by atoms with Crippen LogP contribution in [0, 0.1) is 5.82 Å². The Morgan fingerprint density at radius 1 is 1.27 bits per heavy atom. The van der Waals surface area contributed by atoms with E-state index < -0.39 is 11.9 Å². The summed E-state index contributed by atoms with van der Waals surface area (Å²) in [6.45, 7) is 7.99. The highest BCUT2D eigenvalue weighted by Crippen LogP contribution is 2.28. The molecule has 0 bridgehead atoms. The molecule has 1 aromatic rings. The molecule has 0 saturated carbocycles. The van der Waals surface area contributed by atoms with Gasteiger partial charge in [-0.1, -0.05) is 30.1 Å². The quantitative estimate of drug-likeness (QED) is 0.848. The van der Waals surface area contributed by atoms with Crippen LogP contribution in [-0.2, 0) is 0 Å². The second-order valence-electron chi connectivity index (χ2n) is 5.38. The van der Waals surface area contributed by atoms with Crippen molar-refractivity contribution in [3.8, 4) is 0 Å². The van der Waals surface area contributed by atoms with Crippen LogP contribution in [0.1, 0.15) is 25.5 Å². The lowest BCUT2D eigenvalue weighted by Crippen LogP contribution is -2.51. The largest absolute Gasteiger partial charge is 0.331 e. The molecule has 0 spiro atoms. The molecule has 22 heavy (non-hydrogen) atoms. The number of hydrogen-bond donors (Lipinski definition) is 1. The Balaban J connectivity index is 1.98. The van der Waals surface area contributed by atoms with Crippen LogP contribution >= 0.6 is 23.2 Å². The number of rotatable bonds is 3. The first kappa shape index (κ1) is 17.3. The maximum Gasteiger partial charge on any atom is 0.317 e. The molecule has 0 radical (unpaired) electrons. The highest BCUT2D eigenvalue weighted by Gasteiger charge is 2.22. The summed E-state index contributed by atoms with van der Waals surface area (Å²) in [5, 5.41) is 3.18. The smallest absolute Gasteiger partial charge is 0.317 e. The minimum Gasteiger partial charge on any atom is -0.331 e. The first-order chi connectivity index (χ1) is 10.4. The number of likely N-dealkylation sites (N-methyl/N-ethyl adjacent to an activating group) is 1. The van der Waals surface area contributed by atoms with Crippen LogP contribution in [0.3, 0.4) is 0 Å². The van der Waals surface area contributed by atoms with Crippen molar-refractivity contribution in [2.75, 3.05) is 32.7 Å². The van der Waals surface area contributed by atoms with E-state index in [-0.39, 0.29) is 11.1 Å². The fourth-order valence-corrected chi connectivity index (χ4v) is 3.04. The van der Waals surface area contributed by atoms with Crippen molar-refractivity contribution in [2.45, 2.75) is 19.9 Å². The van der Waals surface area contributed by atoms with Gasteiger partial charge < -0.3 is 15.1 Å². The molecule has 7 heteroatoms. The van der Waals surface area contributed by atoms with Crippen molar-refractivity contribution >= 4 is 29.2 Å². The Kier molecular flexibility index (Phi) is 5.89. The number of hydrogen-bond acceptors (Lipinski definition) is 2. The molecule has 1 fully saturated rings. The summed E-state index contributed by atoms with van der Waals surface area (Å²) in [4.78, 5) is 16.3. The van der Waals surface area contributed by atoms with Crippen molar-refractivity contribution in [2.24, 2.45) is 0 Å². The zero-order valence-electron chi connectivity index (χ0n) is 12.7. The minimum absolute atomic E-state index is 0.0250. The number of carbonyl (C=O) groups excluding carboxylic acids is 1. The van der Waals surface area contributed by atoms with E-state index >= 15 is 0 Å². The SMILES string of the molecule is CCN1CCN(C(=O)NC(C)c2cc(F)c(Cl)cc2Cl)CC1. The summed E-state index contributed by atoms with van der Waals surface area (Å²) in [6, 6.07) is 2.08. The van der Waals surface area contributed by atoms with Crippen LogP contribution in [-0.4, -0.2) is 48.6 Å². The Morgan fingerprint density at radius 2 is 1.91 bits per heavy atom. The average Bonchev–Trinajstić information content (AvgIpc) is 2.50. The van der Waals surface area contributed by atoms with Crippen molar-refractivity contribution in [3.05, 3.63) is 33.6 Å². The van der Waals surface area contributed by atoms with Gasteiger partial charge in [0, 0.05) is 31.2 Å². The Labute approximate surface area is 140 Å². The van der Waals surface area contributed by atoms with Crippen molar-refractivity contribution in [1.82, 2.24) is 15.1 Å². The number of nitrogens with one attached hydrogen (secondary N) is 1. The Morgan fingerprint density at radius 3 is 2.50 bits per heavy atom. The van der Waals surface area contributed by atoms with Gasteiger partial charge in [0.05, 0.1) is 11.1 Å². The van der Waals surface area contributed by atoms with E-state index in [0.717, 1.165) is 19.6 Å². The van der Waals surface area contributed by atoms with E-state index in [4.69, 9.17) is 23.2 Å². The fourth-order valence-electron chi connectivity index (χ4n) is 2.49. The number of urea groups is 1. The highest BCUT2D eigenvalue weighted by atomic mass is 35.5. The summed E-state index contributed by atoms with van der Waals surface area (Å²) in [7, 11) is 0. The second kappa shape index (κ2) is 7.49. The highest BCUT2D eigenvalue weighted by molar-refractivity contribution is 6.35. The molecule has 0 aliphatic carbocycles. The first-order valence-corrected chi connectivity index (χ1v) is 8.10. The number of benzene rings is 1. The standard InChI is InChI=1S/C15H20Cl2FN3O/c1-3-20-4-6-21(7-5-20)15(22)19-10(2)11-8-14(18)13(17)9-12(11)16/h8-10H,3-7H2,1-2H3,(H,19,22). The van der Waals surface area contributed by atoms with Crippen LogP contribution < -0.4 is 5.32 Å². The molecule has 122 valence electrons. The first-order valence-electron chi connectivity index (χ1n) is 7.34. The average molecular weight is 348 g/mol. The van der Waals surface area contributed by atoms with Crippen molar-refractivity contribution < 1.29 is 9.18 Å². The van der Waals surface area contributed by atoms with Gasteiger partial charge in [0.25, 0.3) is 0 Å².